The van der Waals surface area contributed by atoms with Gasteiger partial charge in [0.2, 0.25) is 0 Å². The summed E-state index contributed by atoms with van der Waals surface area (Å²) in [5.74, 6) is 4.82. The Balaban J connectivity index is 1.83. The summed E-state index contributed by atoms with van der Waals surface area (Å²) in [5, 5.41) is 0. The molecule has 0 heterocycles. The second kappa shape index (κ2) is 1.78. The lowest BCUT2D eigenvalue weighted by Gasteiger charge is -2.24. The van der Waals surface area contributed by atoms with Crippen molar-refractivity contribution < 1.29 is 0 Å². The fourth-order valence-electron chi connectivity index (χ4n) is 3.54. The number of rotatable bonds is 0. The van der Waals surface area contributed by atoms with Crippen molar-refractivity contribution in [2.45, 2.75) is 38.5 Å². The van der Waals surface area contributed by atoms with Crippen LogP contribution in [0.3, 0.4) is 0 Å². The maximum atomic E-state index is 1.61. The zero-order valence-corrected chi connectivity index (χ0v) is 6.55. The predicted molar refractivity (Wildman–Crippen MR) is 41.7 cm³/mol. The van der Waals surface area contributed by atoms with E-state index in [0.717, 1.165) is 0 Å². The molecule has 4 atom stereocenters. The van der Waals surface area contributed by atoms with Gasteiger partial charge in [-0.05, 0) is 49.4 Å². The van der Waals surface area contributed by atoms with E-state index in [1.165, 1.54) is 23.7 Å². The van der Waals surface area contributed by atoms with Gasteiger partial charge in [0, 0.05) is 0 Å². The van der Waals surface area contributed by atoms with Crippen LogP contribution in [-0.4, -0.2) is 0 Å². The molecule has 3 saturated carbocycles. The Morgan fingerprint density at radius 1 is 0.700 bits per heavy atom. The molecule has 56 valence electrons. The minimum absolute atomic E-state index is 1.18. The van der Waals surface area contributed by atoms with Gasteiger partial charge in [0.25, 0.3) is 0 Å². The van der Waals surface area contributed by atoms with Gasteiger partial charge in [0.05, 0.1) is 0 Å². The summed E-state index contributed by atoms with van der Waals surface area (Å²) in [5.41, 5.74) is 0. The third-order valence-electron chi connectivity index (χ3n) is 4.15. The van der Waals surface area contributed by atoms with E-state index >= 15 is 0 Å². The molecule has 0 radical (unpaired) electrons. The zero-order valence-electron chi connectivity index (χ0n) is 6.55. The van der Waals surface area contributed by atoms with E-state index in [4.69, 9.17) is 0 Å². The molecule has 0 aliphatic heterocycles. The van der Waals surface area contributed by atoms with Crippen molar-refractivity contribution in [1.29, 1.82) is 0 Å². The molecule has 0 N–H and O–H groups in total. The van der Waals surface area contributed by atoms with Crippen molar-refractivity contribution in [3.63, 3.8) is 0 Å². The molecule has 0 aromatic heterocycles. The van der Waals surface area contributed by atoms with Crippen molar-refractivity contribution in [3.05, 3.63) is 0 Å². The lowest BCUT2D eigenvalue weighted by atomic mass is 9.82. The van der Waals surface area contributed by atoms with Crippen LogP contribution in [0.15, 0.2) is 0 Å². The SMILES string of the molecule is C1CC2CCC3CC3C2C1. The topological polar surface area (TPSA) is 0 Å². The van der Waals surface area contributed by atoms with Gasteiger partial charge in [-0.1, -0.05) is 12.8 Å². The molecule has 0 bridgehead atoms. The molecular formula is C10H16. The highest BCUT2D eigenvalue weighted by Gasteiger charge is 2.50. The summed E-state index contributed by atoms with van der Waals surface area (Å²) >= 11 is 0. The Hall–Kier alpha value is 0. The summed E-state index contributed by atoms with van der Waals surface area (Å²) in [6.07, 6.45) is 9.51. The van der Waals surface area contributed by atoms with E-state index in [9.17, 15) is 0 Å². The van der Waals surface area contributed by atoms with E-state index in [1.54, 1.807) is 38.5 Å². The summed E-state index contributed by atoms with van der Waals surface area (Å²) in [4.78, 5) is 0. The Bertz CT molecular complexity index is 150. The summed E-state index contributed by atoms with van der Waals surface area (Å²) in [6.45, 7) is 0. The lowest BCUT2D eigenvalue weighted by Crippen LogP contribution is -2.15. The molecule has 10 heavy (non-hydrogen) atoms. The molecule has 0 heteroatoms. The predicted octanol–water partition coefficient (Wildman–Crippen LogP) is 2.83. The average Bonchev–Trinajstić information content (AvgIpc) is 2.60. The summed E-state index contributed by atoms with van der Waals surface area (Å²) in [7, 11) is 0. The van der Waals surface area contributed by atoms with E-state index in [0.29, 0.717) is 0 Å². The normalized spacial score (nSPS) is 57.6. The van der Waals surface area contributed by atoms with Crippen LogP contribution in [0.25, 0.3) is 0 Å². The summed E-state index contributed by atoms with van der Waals surface area (Å²) < 4.78 is 0. The fraction of sp³-hybridized carbons (Fsp3) is 1.00. The highest BCUT2D eigenvalue weighted by molar-refractivity contribution is 5.00. The smallest absolute Gasteiger partial charge is 0.0352 e. The molecular weight excluding hydrogens is 120 g/mol. The van der Waals surface area contributed by atoms with Crippen molar-refractivity contribution in [2.24, 2.45) is 23.7 Å². The van der Waals surface area contributed by atoms with Crippen LogP contribution in [0.4, 0.5) is 0 Å². The van der Waals surface area contributed by atoms with Gasteiger partial charge in [0.1, 0.15) is 0 Å². The van der Waals surface area contributed by atoms with Gasteiger partial charge in [0.15, 0.2) is 0 Å². The van der Waals surface area contributed by atoms with Crippen LogP contribution >= 0.6 is 0 Å². The molecule has 0 amide bonds. The van der Waals surface area contributed by atoms with E-state index in [2.05, 4.69) is 0 Å². The quantitative estimate of drug-likeness (QED) is 0.480. The first-order valence-corrected chi connectivity index (χ1v) is 4.95. The number of fused-ring (bicyclic) bond motifs is 3. The second-order valence-corrected chi connectivity index (χ2v) is 4.59. The molecule has 4 unspecified atom stereocenters. The van der Waals surface area contributed by atoms with E-state index in [1.807, 2.05) is 0 Å². The van der Waals surface area contributed by atoms with E-state index < -0.39 is 0 Å². The van der Waals surface area contributed by atoms with Crippen LogP contribution in [0.1, 0.15) is 38.5 Å². The monoisotopic (exact) mass is 136 g/mol. The maximum absolute atomic E-state index is 1.61. The minimum atomic E-state index is 1.18. The fourth-order valence-corrected chi connectivity index (χ4v) is 3.54. The second-order valence-electron chi connectivity index (χ2n) is 4.59. The van der Waals surface area contributed by atoms with Gasteiger partial charge in [-0.2, -0.15) is 0 Å². The van der Waals surface area contributed by atoms with Crippen LogP contribution in [0, 0.1) is 23.7 Å². The first-order valence-electron chi connectivity index (χ1n) is 4.95. The van der Waals surface area contributed by atoms with Gasteiger partial charge in [-0.3, -0.25) is 0 Å². The van der Waals surface area contributed by atoms with Crippen LogP contribution in [-0.2, 0) is 0 Å². The van der Waals surface area contributed by atoms with Crippen molar-refractivity contribution in [1.82, 2.24) is 0 Å². The molecule has 0 spiro atoms. The highest BCUT2D eigenvalue weighted by atomic mass is 14.5. The average molecular weight is 136 g/mol. The Kier molecular flexibility index (Phi) is 1.00. The third-order valence-corrected chi connectivity index (χ3v) is 4.15. The minimum Gasteiger partial charge on any atom is -0.0527 e. The zero-order chi connectivity index (χ0) is 6.55. The lowest BCUT2D eigenvalue weighted by molar-refractivity contribution is 0.259. The largest absolute Gasteiger partial charge is 0.0527 e. The van der Waals surface area contributed by atoms with Crippen molar-refractivity contribution in [2.75, 3.05) is 0 Å². The first-order chi connectivity index (χ1) is 4.95. The summed E-state index contributed by atoms with van der Waals surface area (Å²) in [6, 6.07) is 0. The molecule has 3 rings (SSSR count). The first kappa shape index (κ1) is 5.62. The Labute approximate surface area is 63.0 Å². The molecule has 3 fully saturated rings. The molecule has 0 saturated heterocycles. The number of hydrogen-bond acceptors (Lipinski definition) is 0. The van der Waals surface area contributed by atoms with Gasteiger partial charge in [-0.15, -0.1) is 0 Å². The highest BCUT2D eigenvalue weighted by Crippen LogP contribution is 2.59. The van der Waals surface area contributed by atoms with Gasteiger partial charge < -0.3 is 0 Å². The van der Waals surface area contributed by atoms with Crippen LogP contribution in [0.2, 0.25) is 0 Å². The van der Waals surface area contributed by atoms with Crippen LogP contribution < -0.4 is 0 Å². The molecule has 0 nitrogen and oxygen atoms in total. The Morgan fingerprint density at radius 2 is 1.60 bits per heavy atom. The third kappa shape index (κ3) is 0.627. The van der Waals surface area contributed by atoms with Gasteiger partial charge >= 0.3 is 0 Å². The standard InChI is InChI=1S/C10H16/c1-2-7-4-5-8-6-10(8)9(7)3-1/h7-10H,1-6H2. The van der Waals surface area contributed by atoms with Crippen LogP contribution in [0.5, 0.6) is 0 Å². The number of hydrogen-bond donors (Lipinski definition) is 0. The van der Waals surface area contributed by atoms with E-state index in [-0.39, 0.29) is 0 Å². The molecule has 3 aliphatic carbocycles. The molecule has 0 aromatic rings. The Morgan fingerprint density at radius 3 is 2.60 bits per heavy atom. The molecule has 0 aromatic carbocycles. The van der Waals surface area contributed by atoms with Gasteiger partial charge in [-0.25, -0.2) is 0 Å². The van der Waals surface area contributed by atoms with Crippen molar-refractivity contribution in [3.8, 4) is 0 Å². The van der Waals surface area contributed by atoms with Crippen molar-refractivity contribution >= 4 is 0 Å². The maximum Gasteiger partial charge on any atom is -0.0352 e. The molecule has 3 aliphatic rings.